The molecule has 0 aliphatic heterocycles. The second kappa shape index (κ2) is 5.92. The van der Waals surface area contributed by atoms with Crippen molar-refractivity contribution < 1.29 is 9.47 Å². The molecule has 0 spiro atoms. The maximum atomic E-state index is 4.71. The molecular weight excluding hydrogens is 92.1 g/mol. The van der Waals surface area contributed by atoms with Crippen molar-refractivity contribution in [1.82, 2.24) is 0 Å². The summed E-state index contributed by atoms with van der Waals surface area (Å²) in [5, 5.41) is 0. The Labute approximate surface area is 44.4 Å². The van der Waals surface area contributed by atoms with E-state index < -0.39 is 0 Å². The van der Waals surface area contributed by atoms with E-state index in [0.29, 0.717) is 13.2 Å². The normalized spacial score (nSPS) is 9.43. The first-order valence-electron chi connectivity index (χ1n) is 2.21. The van der Waals surface area contributed by atoms with Crippen LogP contribution in [0.3, 0.4) is 0 Å². The largest absolute Gasteiger partial charge is 0.384 e. The molecule has 0 aromatic carbocycles. The van der Waals surface area contributed by atoms with Gasteiger partial charge in [0.05, 0.1) is 13.2 Å². The molecule has 0 fully saturated rings. The van der Waals surface area contributed by atoms with Crippen LogP contribution in [0.1, 0.15) is 0 Å². The zero-order chi connectivity index (χ0) is 5.54. The van der Waals surface area contributed by atoms with Crippen LogP contribution in [-0.2, 0) is 9.47 Å². The molecule has 0 unspecified atom stereocenters. The molecule has 0 saturated carbocycles. The van der Waals surface area contributed by atoms with E-state index in [4.69, 9.17) is 9.47 Å². The topological polar surface area (TPSA) is 18.5 Å². The Morgan fingerprint density at radius 2 is 1.57 bits per heavy atom. The summed E-state index contributed by atoms with van der Waals surface area (Å²) in [4.78, 5) is 0. The van der Waals surface area contributed by atoms with Crippen LogP contribution in [0.25, 0.3) is 0 Å². The molecule has 0 rings (SSSR count). The molecule has 0 atom stereocenters. The first-order chi connectivity index (χ1) is 3.41. The van der Waals surface area contributed by atoms with Gasteiger partial charge in [-0.2, -0.15) is 0 Å². The van der Waals surface area contributed by atoms with Crippen LogP contribution in [-0.4, -0.2) is 27.4 Å². The highest BCUT2D eigenvalue weighted by molar-refractivity contribution is 4.59. The van der Waals surface area contributed by atoms with Crippen LogP contribution in [0.2, 0.25) is 0 Å². The number of methoxy groups -OCH3 is 2. The van der Waals surface area contributed by atoms with Gasteiger partial charge in [-0.25, -0.2) is 0 Å². The molecular formula is C5H11O2. The van der Waals surface area contributed by atoms with Crippen molar-refractivity contribution in [2.75, 3.05) is 27.4 Å². The van der Waals surface area contributed by atoms with E-state index in [0.717, 1.165) is 0 Å². The predicted molar refractivity (Wildman–Crippen MR) is 28.1 cm³/mol. The van der Waals surface area contributed by atoms with Crippen molar-refractivity contribution in [2.24, 2.45) is 0 Å². The number of hydrogen-bond acceptors (Lipinski definition) is 2. The minimum absolute atomic E-state index is 0.674. The van der Waals surface area contributed by atoms with Gasteiger partial charge in [-0.15, -0.1) is 0 Å². The lowest BCUT2D eigenvalue weighted by Crippen LogP contribution is -1.95. The lowest BCUT2D eigenvalue weighted by atomic mass is 10.5. The molecule has 0 bridgehead atoms. The van der Waals surface area contributed by atoms with E-state index in [2.05, 4.69) is 0 Å². The van der Waals surface area contributed by atoms with Crippen molar-refractivity contribution in [3.8, 4) is 0 Å². The van der Waals surface area contributed by atoms with Crippen LogP contribution in [0, 0.1) is 6.42 Å². The van der Waals surface area contributed by atoms with E-state index in [9.17, 15) is 0 Å². The van der Waals surface area contributed by atoms with Crippen LogP contribution in [0.5, 0.6) is 0 Å². The second-order valence-corrected chi connectivity index (χ2v) is 1.20. The second-order valence-electron chi connectivity index (χ2n) is 1.20. The van der Waals surface area contributed by atoms with Gasteiger partial charge < -0.3 is 9.47 Å². The molecule has 7 heavy (non-hydrogen) atoms. The van der Waals surface area contributed by atoms with E-state index in [-0.39, 0.29) is 0 Å². The predicted octanol–water partition coefficient (Wildman–Crippen LogP) is 0.483. The molecule has 0 amide bonds. The highest BCUT2D eigenvalue weighted by atomic mass is 16.5. The zero-order valence-corrected chi connectivity index (χ0v) is 4.81. The third-order valence-electron chi connectivity index (χ3n) is 0.569. The molecule has 0 N–H and O–H groups in total. The number of hydrogen-bond donors (Lipinski definition) is 0. The minimum atomic E-state index is 0.674. The number of ether oxygens (including phenoxy) is 2. The van der Waals surface area contributed by atoms with Gasteiger partial charge in [0.2, 0.25) is 0 Å². The summed E-state index contributed by atoms with van der Waals surface area (Å²) in [7, 11) is 3.32. The smallest absolute Gasteiger partial charge is 0.0516 e. The van der Waals surface area contributed by atoms with Crippen molar-refractivity contribution in [2.45, 2.75) is 0 Å². The summed E-state index contributed by atoms with van der Waals surface area (Å²) in [6.45, 7) is 1.35. The van der Waals surface area contributed by atoms with Crippen molar-refractivity contribution in [3.05, 3.63) is 6.42 Å². The Balaban J connectivity index is 2.45. The summed E-state index contributed by atoms with van der Waals surface area (Å²) in [6, 6.07) is 0. The summed E-state index contributed by atoms with van der Waals surface area (Å²) in [5.74, 6) is 0. The summed E-state index contributed by atoms with van der Waals surface area (Å²) in [6.07, 6.45) is 1.92. The van der Waals surface area contributed by atoms with E-state index in [1.807, 2.05) is 6.42 Å². The molecule has 43 valence electrons. The average molecular weight is 103 g/mol. The molecule has 0 heterocycles. The van der Waals surface area contributed by atoms with Gasteiger partial charge in [-0.05, 0) is 0 Å². The third-order valence-corrected chi connectivity index (χ3v) is 0.569. The van der Waals surface area contributed by atoms with Gasteiger partial charge in [0.1, 0.15) is 0 Å². The first kappa shape index (κ1) is 6.92. The van der Waals surface area contributed by atoms with Gasteiger partial charge in [0.15, 0.2) is 0 Å². The van der Waals surface area contributed by atoms with Crippen molar-refractivity contribution in [1.29, 1.82) is 0 Å². The van der Waals surface area contributed by atoms with Crippen molar-refractivity contribution in [3.63, 3.8) is 0 Å². The summed E-state index contributed by atoms with van der Waals surface area (Å²) < 4.78 is 9.42. The summed E-state index contributed by atoms with van der Waals surface area (Å²) >= 11 is 0. The quantitative estimate of drug-likeness (QED) is 0.482. The Kier molecular flexibility index (Phi) is 5.85. The lowest BCUT2D eigenvalue weighted by Gasteiger charge is -1.93. The fourth-order valence-electron chi connectivity index (χ4n) is 0.284. The lowest BCUT2D eigenvalue weighted by molar-refractivity contribution is 0.178. The molecule has 0 aromatic heterocycles. The standard InChI is InChI=1S/C5H11O2/c1-6-4-3-5-7-2/h3H,4-5H2,1-2H3. The van der Waals surface area contributed by atoms with Crippen LogP contribution in [0.4, 0.5) is 0 Å². The molecule has 1 radical (unpaired) electrons. The Morgan fingerprint density at radius 3 is 1.86 bits per heavy atom. The fourth-order valence-corrected chi connectivity index (χ4v) is 0.284. The molecule has 0 aliphatic rings. The summed E-state index contributed by atoms with van der Waals surface area (Å²) in [5.41, 5.74) is 0. The fraction of sp³-hybridized carbons (Fsp3) is 0.800. The van der Waals surface area contributed by atoms with Crippen molar-refractivity contribution >= 4 is 0 Å². The van der Waals surface area contributed by atoms with Gasteiger partial charge in [-0.3, -0.25) is 0 Å². The molecule has 0 aliphatic carbocycles. The van der Waals surface area contributed by atoms with Gasteiger partial charge in [0, 0.05) is 20.6 Å². The SMILES string of the molecule is COC[CH]COC. The maximum absolute atomic E-state index is 4.71. The third kappa shape index (κ3) is 5.92. The van der Waals surface area contributed by atoms with Crippen LogP contribution >= 0.6 is 0 Å². The van der Waals surface area contributed by atoms with E-state index in [1.54, 1.807) is 14.2 Å². The number of rotatable bonds is 4. The Morgan fingerprint density at radius 1 is 1.14 bits per heavy atom. The average Bonchev–Trinajstić information content (AvgIpc) is 1.69. The first-order valence-corrected chi connectivity index (χ1v) is 2.21. The van der Waals surface area contributed by atoms with Gasteiger partial charge in [-0.1, -0.05) is 0 Å². The molecule has 0 aromatic rings. The molecule has 0 saturated heterocycles. The molecule has 2 nitrogen and oxygen atoms in total. The minimum Gasteiger partial charge on any atom is -0.384 e. The van der Waals surface area contributed by atoms with Crippen LogP contribution < -0.4 is 0 Å². The Hall–Kier alpha value is -0.0800. The maximum Gasteiger partial charge on any atom is 0.0516 e. The Bertz CT molecular complexity index is 25.3. The van der Waals surface area contributed by atoms with Crippen LogP contribution in [0.15, 0.2) is 0 Å². The van der Waals surface area contributed by atoms with Gasteiger partial charge in [0.25, 0.3) is 0 Å². The van der Waals surface area contributed by atoms with Gasteiger partial charge >= 0.3 is 0 Å². The highest BCUT2D eigenvalue weighted by Crippen LogP contribution is 1.76. The van der Waals surface area contributed by atoms with E-state index >= 15 is 0 Å². The van der Waals surface area contributed by atoms with E-state index in [1.165, 1.54) is 0 Å². The zero-order valence-electron chi connectivity index (χ0n) is 4.81. The monoisotopic (exact) mass is 103 g/mol. The highest BCUT2D eigenvalue weighted by Gasteiger charge is 1.80. The molecule has 2 heteroatoms.